The second kappa shape index (κ2) is 5.05. The van der Waals surface area contributed by atoms with Gasteiger partial charge in [0.05, 0.1) is 32.7 Å². The van der Waals surface area contributed by atoms with Crippen molar-refractivity contribution in [1.29, 1.82) is 5.26 Å². The Hall–Kier alpha value is -1.21. The third-order valence-electron chi connectivity index (χ3n) is 3.27. The van der Waals surface area contributed by atoms with Crippen LogP contribution in [0.3, 0.4) is 0 Å². The number of aryl methyl sites for hydroxylation is 1. The number of nitrogens with one attached hydrogen (secondary N) is 1. The summed E-state index contributed by atoms with van der Waals surface area (Å²) >= 11 is 13.9. The maximum Gasteiger partial charge on any atom is 0.0992 e. The molecule has 1 N–H and O–H groups in total. The first-order valence-electron chi connectivity index (χ1n) is 5.91. The molecule has 0 spiro atoms. The molecule has 0 fully saturated rings. The number of thiophene rings is 1. The highest BCUT2D eigenvalue weighted by Crippen LogP contribution is 2.41. The van der Waals surface area contributed by atoms with E-state index in [9.17, 15) is 0 Å². The molecule has 5 heteroatoms. The summed E-state index contributed by atoms with van der Waals surface area (Å²) in [6.07, 6.45) is 2.07. The Bertz CT molecular complexity index is 673. The van der Waals surface area contributed by atoms with Crippen molar-refractivity contribution in [3.63, 3.8) is 0 Å². The average molecular weight is 309 g/mol. The number of hydrogen-bond acceptors (Lipinski definition) is 3. The monoisotopic (exact) mass is 308 g/mol. The molecule has 1 aromatic carbocycles. The summed E-state index contributed by atoms with van der Waals surface area (Å²) in [6.45, 7) is 0. The van der Waals surface area contributed by atoms with E-state index in [1.165, 1.54) is 10.4 Å². The van der Waals surface area contributed by atoms with Gasteiger partial charge in [0.1, 0.15) is 0 Å². The normalized spacial score (nSPS) is 17.0. The van der Waals surface area contributed by atoms with E-state index in [1.807, 2.05) is 6.07 Å². The lowest BCUT2D eigenvalue weighted by atomic mass is 10.1. The van der Waals surface area contributed by atoms with E-state index in [2.05, 4.69) is 11.4 Å². The van der Waals surface area contributed by atoms with Gasteiger partial charge in [0, 0.05) is 4.88 Å². The summed E-state index contributed by atoms with van der Waals surface area (Å²) in [4.78, 5) is 1.34. The number of hydrogen-bond donors (Lipinski definition) is 1. The van der Waals surface area contributed by atoms with Gasteiger partial charge in [-0.25, -0.2) is 0 Å². The van der Waals surface area contributed by atoms with Crippen LogP contribution in [0.25, 0.3) is 0 Å². The minimum Gasteiger partial charge on any atom is -0.377 e. The zero-order valence-corrected chi connectivity index (χ0v) is 12.2. The van der Waals surface area contributed by atoms with Crippen LogP contribution in [0.15, 0.2) is 24.3 Å². The number of halogens is 2. The largest absolute Gasteiger partial charge is 0.377 e. The average Bonchev–Trinajstić information content (AvgIpc) is 2.92. The second-order valence-electron chi connectivity index (χ2n) is 4.47. The summed E-state index contributed by atoms with van der Waals surface area (Å²) < 4.78 is 0.827. The fourth-order valence-electron chi connectivity index (χ4n) is 2.37. The third kappa shape index (κ3) is 2.44. The van der Waals surface area contributed by atoms with Crippen LogP contribution < -0.4 is 5.32 Å². The van der Waals surface area contributed by atoms with Gasteiger partial charge in [-0.3, -0.25) is 0 Å². The maximum absolute atomic E-state index is 8.94. The first-order chi connectivity index (χ1) is 9.17. The SMILES string of the molecule is N#Cc1ccc(Cl)c(NC2CCc3sc(Cl)cc32)c1. The summed E-state index contributed by atoms with van der Waals surface area (Å²) in [6, 6.07) is 9.63. The Morgan fingerprint density at radius 3 is 2.95 bits per heavy atom. The number of rotatable bonds is 2. The number of fused-ring (bicyclic) bond motifs is 1. The minimum atomic E-state index is 0.227. The van der Waals surface area contributed by atoms with Crippen molar-refractivity contribution in [2.75, 3.05) is 5.32 Å². The molecule has 2 aromatic rings. The fraction of sp³-hybridized carbons (Fsp3) is 0.214. The molecule has 1 aliphatic carbocycles. The first-order valence-corrected chi connectivity index (χ1v) is 7.49. The van der Waals surface area contributed by atoms with Gasteiger partial charge >= 0.3 is 0 Å². The molecule has 0 amide bonds. The quantitative estimate of drug-likeness (QED) is 0.845. The summed E-state index contributed by atoms with van der Waals surface area (Å²) in [5.41, 5.74) is 2.67. The lowest BCUT2D eigenvalue weighted by Crippen LogP contribution is -2.07. The van der Waals surface area contributed by atoms with Gasteiger partial charge in [0.2, 0.25) is 0 Å². The lowest BCUT2D eigenvalue weighted by molar-refractivity contribution is 0.762. The Balaban J connectivity index is 1.89. The van der Waals surface area contributed by atoms with Gasteiger partial charge in [0.15, 0.2) is 0 Å². The van der Waals surface area contributed by atoms with Crippen molar-refractivity contribution < 1.29 is 0 Å². The lowest BCUT2D eigenvalue weighted by Gasteiger charge is -2.16. The summed E-state index contributed by atoms with van der Waals surface area (Å²) in [7, 11) is 0. The van der Waals surface area contributed by atoms with Gasteiger partial charge in [-0.1, -0.05) is 23.2 Å². The van der Waals surface area contributed by atoms with E-state index in [0.29, 0.717) is 10.6 Å². The highest BCUT2D eigenvalue weighted by Gasteiger charge is 2.25. The van der Waals surface area contributed by atoms with Gasteiger partial charge in [-0.05, 0) is 42.7 Å². The van der Waals surface area contributed by atoms with E-state index in [-0.39, 0.29) is 6.04 Å². The number of benzene rings is 1. The highest BCUT2D eigenvalue weighted by molar-refractivity contribution is 7.16. The minimum absolute atomic E-state index is 0.227. The van der Waals surface area contributed by atoms with Gasteiger partial charge in [-0.2, -0.15) is 5.26 Å². The molecule has 19 heavy (non-hydrogen) atoms. The van der Waals surface area contributed by atoms with Crippen LogP contribution in [0.1, 0.15) is 28.5 Å². The van der Waals surface area contributed by atoms with Gasteiger partial charge < -0.3 is 5.32 Å². The van der Waals surface area contributed by atoms with Gasteiger partial charge in [0.25, 0.3) is 0 Å². The zero-order valence-electron chi connectivity index (χ0n) is 9.91. The topological polar surface area (TPSA) is 35.8 Å². The maximum atomic E-state index is 8.94. The van der Waals surface area contributed by atoms with Crippen molar-refractivity contribution in [3.8, 4) is 6.07 Å². The molecule has 0 saturated heterocycles. The fourth-order valence-corrected chi connectivity index (χ4v) is 3.90. The van der Waals surface area contributed by atoms with Crippen molar-refractivity contribution in [2.24, 2.45) is 0 Å². The van der Waals surface area contributed by atoms with Crippen LogP contribution >= 0.6 is 34.5 Å². The molecule has 0 saturated carbocycles. The van der Waals surface area contributed by atoms with E-state index in [0.717, 1.165) is 22.9 Å². The Labute approximate surface area is 125 Å². The molecule has 0 aliphatic heterocycles. The molecule has 3 rings (SSSR count). The zero-order chi connectivity index (χ0) is 13.4. The number of nitrogens with zero attached hydrogens (tertiary/aromatic N) is 1. The molecule has 1 aromatic heterocycles. The molecule has 0 bridgehead atoms. The number of nitriles is 1. The summed E-state index contributed by atoms with van der Waals surface area (Å²) in [5, 5.41) is 13.0. The molecule has 1 aliphatic rings. The summed E-state index contributed by atoms with van der Waals surface area (Å²) in [5.74, 6) is 0. The van der Waals surface area contributed by atoms with E-state index >= 15 is 0 Å². The Morgan fingerprint density at radius 2 is 2.16 bits per heavy atom. The predicted molar refractivity (Wildman–Crippen MR) is 80.2 cm³/mol. The van der Waals surface area contributed by atoms with E-state index in [4.69, 9.17) is 28.5 Å². The van der Waals surface area contributed by atoms with Crippen molar-refractivity contribution in [1.82, 2.24) is 0 Å². The molecule has 0 radical (unpaired) electrons. The highest BCUT2D eigenvalue weighted by atomic mass is 35.5. The van der Waals surface area contributed by atoms with Gasteiger partial charge in [-0.15, -0.1) is 11.3 Å². The third-order valence-corrected chi connectivity index (χ3v) is 4.94. The molecule has 1 atom stereocenters. The molecule has 2 nitrogen and oxygen atoms in total. The molecule has 96 valence electrons. The molecular weight excluding hydrogens is 299 g/mol. The van der Waals surface area contributed by atoms with Crippen molar-refractivity contribution >= 4 is 40.2 Å². The van der Waals surface area contributed by atoms with Crippen LogP contribution in [-0.2, 0) is 6.42 Å². The molecular formula is C14H10Cl2N2S. The van der Waals surface area contributed by atoms with Crippen LogP contribution in [0.4, 0.5) is 5.69 Å². The van der Waals surface area contributed by atoms with E-state index < -0.39 is 0 Å². The first kappa shape index (κ1) is 12.8. The molecule has 1 unspecified atom stereocenters. The van der Waals surface area contributed by atoms with Crippen LogP contribution in [0.5, 0.6) is 0 Å². The predicted octanol–water partition coefficient (Wildman–Crippen LogP) is 5.03. The van der Waals surface area contributed by atoms with Crippen molar-refractivity contribution in [2.45, 2.75) is 18.9 Å². The Kier molecular flexibility index (Phi) is 3.40. The standard InChI is InChI=1S/C14H10Cl2N2S/c15-10-2-1-8(7-17)5-12(10)18-11-3-4-13-9(11)6-14(16)19-13/h1-2,5-6,11,18H,3-4H2. The van der Waals surface area contributed by atoms with Crippen molar-refractivity contribution in [3.05, 3.63) is 49.6 Å². The van der Waals surface area contributed by atoms with Crippen LogP contribution in [0, 0.1) is 11.3 Å². The van der Waals surface area contributed by atoms with E-state index in [1.54, 1.807) is 29.5 Å². The van der Waals surface area contributed by atoms with Crippen LogP contribution in [0.2, 0.25) is 9.36 Å². The number of anilines is 1. The van der Waals surface area contributed by atoms with Crippen LogP contribution in [-0.4, -0.2) is 0 Å². The molecule has 1 heterocycles. The smallest absolute Gasteiger partial charge is 0.0992 e. The second-order valence-corrected chi connectivity index (χ2v) is 6.65. The Morgan fingerprint density at radius 1 is 1.32 bits per heavy atom.